The van der Waals surface area contributed by atoms with Gasteiger partial charge in [0.1, 0.15) is 5.75 Å². The van der Waals surface area contributed by atoms with E-state index in [2.05, 4.69) is 34.4 Å². The molecular weight excluding hydrogens is 515 g/mol. The van der Waals surface area contributed by atoms with Crippen LogP contribution in [-0.2, 0) is 0 Å². The van der Waals surface area contributed by atoms with Gasteiger partial charge in [-0.3, -0.25) is 4.99 Å². The Morgan fingerprint density at radius 3 is 2.65 bits per heavy atom. The number of benzene rings is 1. The van der Waals surface area contributed by atoms with Crippen LogP contribution < -0.4 is 20.3 Å². The van der Waals surface area contributed by atoms with Gasteiger partial charge in [-0.05, 0) is 70.8 Å². The second-order valence-electron chi connectivity index (χ2n) is 8.22. The van der Waals surface area contributed by atoms with E-state index in [1.54, 1.807) is 12.1 Å². The molecule has 0 aromatic heterocycles. The van der Waals surface area contributed by atoms with E-state index in [-0.39, 0.29) is 35.8 Å². The minimum atomic E-state index is -2.82. The SMILES string of the molecule is CCNC(=NCCC1CCN(C)CC1)NC1CCN(c2ccccc2OC(F)F)C1.I. The van der Waals surface area contributed by atoms with Crippen molar-refractivity contribution in [1.82, 2.24) is 15.5 Å². The van der Waals surface area contributed by atoms with E-state index in [1.807, 2.05) is 12.1 Å². The summed E-state index contributed by atoms with van der Waals surface area (Å²) in [5.74, 6) is 1.84. The van der Waals surface area contributed by atoms with Crippen LogP contribution in [0.3, 0.4) is 0 Å². The van der Waals surface area contributed by atoms with E-state index in [4.69, 9.17) is 9.73 Å². The largest absolute Gasteiger partial charge is 0.433 e. The van der Waals surface area contributed by atoms with Gasteiger partial charge < -0.3 is 25.2 Å². The Kier molecular flexibility index (Phi) is 11.1. The Morgan fingerprint density at radius 1 is 1.19 bits per heavy atom. The van der Waals surface area contributed by atoms with Crippen LogP contribution in [0.15, 0.2) is 29.3 Å². The van der Waals surface area contributed by atoms with Gasteiger partial charge in [0, 0.05) is 32.2 Å². The standard InChI is InChI=1S/C22H35F2N5O.HI/c1-3-25-22(26-12-8-17-9-13-28(2)14-10-17)27-18-11-15-29(16-18)19-6-4-5-7-20(19)30-21(23)24;/h4-7,17-18,21H,3,8-16H2,1-2H3,(H2,25,26,27);1H. The summed E-state index contributed by atoms with van der Waals surface area (Å²) in [6, 6.07) is 7.21. The molecule has 2 N–H and O–H groups in total. The van der Waals surface area contributed by atoms with E-state index in [0.29, 0.717) is 5.69 Å². The molecule has 1 atom stereocenters. The number of alkyl halides is 2. The minimum absolute atomic E-state index is 0. The fourth-order valence-corrected chi connectivity index (χ4v) is 4.23. The van der Waals surface area contributed by atoms with Crippen molar-refractivity contribution in [3.05, 3.63) is 24.3 Å². The van der Waals surface area contributed by atoms with E-state index < -0.39 is 6.61 Å². The first-order chi connectivity index (χ1) is 14.5. The normalized spacial score (nSPS) is 20.6. The summed E-state index contributed by atoms with van der Waals surface area (Å²) < 4.78 is 30.1. The Hall–Kier alpha value is -1.36. The summed E-state index contributed by atoms with van der Waals surface area (Å²) >= 11 is 0. The van der Waals surface area contributed by atoms with Crippen molar-refractivity contribution in [2.45, 2.75) is 45.3 Å². The van der Waals surface area contributed by atoms with Crippen molar-refractivity contribution in [3.8, 4) is 5.75 Å². The lowest BCUT2D eigenvalue weighted by molar-refractivity contribution is -0.0495. The van der Waals surface area contributed by atoms with Gasteiger partial charge in [0.25, 0.3) is 0 Å². The molecule has 0 saturated carbocycles. The van der Waals surface area contributed by atoms with Crippen LogP contribution in [-0.4, -0.2) is 69.8 Å². The minimum Gasteiger partial charge on any atom is -0.433 e. The van der Waals surface area contributed by atoms with Crippen LogP contribution in [0, 0.1) is 5.92 Å². The highest BCUT2D eigenvalue weighted by Gasteiger charge is 2.26. The third-order valence-corrected chi connectivity index (χ3v) is 5.94. The summed E-state index contributed by atoms with van der Waals surface area (Å²) in [6.07, 6.45) is 4.56. The Morgan fingerprint density at radius 2 is 1.94 bits per heavy atom. The molecule has 1 unspecified atom stereocenters. The first-order valence-electron chi connectivity index (χ1n) is 11.1. The predicted octanol–water partition coefficient (Wildman–Crippen LogP) is 3.77. The Bertz CT molecular complexity index is 686. The van der Waals surface area contributed by atoms with Crippen molar-refractivity contribution in [3.63, 3.8) is 0 Å². The maximum atomic E-state index is 12.7. The molecule has 1 aromatic rings. The number of nitrogens with one attached hydrogen (secondary N) is 2. The van der Waals surface area contributed by atoms with Crippen LogP contribution in [0.25, 0.3) is 0 Å². The smallest absolute Gasteiger partial charge is 0.387 e. The highest BCUT2D eigenvalue weighted by molar-refractivity contribution is 14.0. The quantitative estimate of drug-likeness (QED) is 0.293. The zero-order chi connectivity index (χ0) is 21.3. The van der Waals surface area contributed by atoms with Crippen LogP contribution in [0.2, 0.25) is 0 Å². The summed E-state index contributed by atoms with van der Waals surface area (Å²) in [6.45, 7) is 4.75. The number of anilines is 1. The lowest BCUT2D eigenvalue weighted by Crippen LogP contribution is -2.44. The monoisotopic (exact) mass is 551 g/mol. The highest BCUT2D eigenvalue weighted by atomic mass is 127. The van der Waals surface area contributed by atoms with E-state index in [1.165, 1.54) is 25.9 Å². The fraction of sp³-hybridized carbons (Fsp3) is 0.682. The van der Waals surface area contributed by atoms with E-state index in [9.17, 15) is 8.78 Å². The first kappa shape index (κ1) is 25.9. The number of piperidine rings is 1. The maximum Gasteiger partial charge on any atom is 0.387 e. The molecule has 2 aliphatic rings. The van der Waals surface area contributed by atoms with Gasteiger partial charge in [0.05, 0.1) is 5.69 Å². The molecule has 1 aromatic carbocycles. The molecule has 0 amide bonds. The zero-order valence-corrected chi connectivity index (χ0v) is 20.9. The molecule has 0 spiro atoms. The molecule has 0 radical (unpaired) electrons. The lowest BCUT2D eigenvalue weighted by atomic mass is 9.94. The molecule has 6 nitrogen and oxygen atoms in total. The van der Waals surface area contributed by atoms with Gasteiger partial charge in [0.15, 0.2) is 5.96 Å². The second kappa shape index (κ2) is 13.2. The molecule has 3 rings (SSSR count). The molecule has 31 heavy (non-hydrogen) atoms. The molecule has 9 heteroatoms. The Labute approximate surface area is 201 Å². The number of hydrogen-bond donors (Lipinski definition) is 2. The molecule has 0 aliphatic carbocycles. The number of likely N-dealkylation sites (tertiary alicyclic amines) is 1. The molecule has 0 bridgehead atoms. The average Bonchev–Trinajstić information content (AvgIpc) is 3.18. The number of hydrogen-bond acceptors (Lipinski definition) is 4. The number of halogens is 3. The fourth-order valence-electron chi connectivity index (χ4n) is 4.23. The van der Waals surface area contributed by atoms with E-state index in [0.717, 1.165) is 50.9 Å². The topological polar surface area (TPSA) is 52.1 Å². The lowest BCUT2D eigenvalue weighted by Gasteiger charge is -2.28. The summed E-state index contributed by atoms with van der Waals surface area (Å²) in [4.78, 5) is 9.27. The van der Waals surface area contributed by atoms with Crippen LogP contribution >= 0.6 is 24.0 Å². The number of guanidine groups is 1. The summed E-state index contributed by atoms with van der Waals surface area (Å²) in [5.41, 5.74) is 0.714. The number of aliphatic imine (C=N–C) groups is 1. The molecular formula is C22H36F2IN5O. The average molecular weight is 551 g/mol. The van der Waals surface area contributed by atoms with Crippen molar-refractivity contribution >= 4 is 35.6 Å². The van der Waals surface area contributed by atoms with Crippen LogP contribution in [0.1, 0.15) is 32.6 Å². The van der Waals surface area contributed by atoms with Gasteiger partial charge in [-0.15, -0.1) is 24.0 Å². The number of nitrogens with zero attached hydrogens (tertiary/aromatic N) is 3. The predicted molar refractivity (Wildman–Crippen MR) is 133 cm³/mol. The first-order valence-corrected chi connectivity index (χ1v) is 11.1. The third kappa shape index (κ3) is 8.25. The molecule has 2 saturated heterocycles. The third-order valence-electron chi connectivity index (χ3n) is 5.94. The summed E-state index contributed by atoms with van der Waals surface area (Å²) in [5, 5.41) is 6.86. The number of ether oxygens (including phenoxy) is 1. The number of para-hydroxylation sites is 2. The molecule has 2 heterocycles. The van der Waals surface area contributed by atoms with Gasteiger partial charge in [-0.1, -0.05) is 12.1 Å². The van der Waals surface area contributed by atoms with Crippen LogP contribution in [0.5, 0.6) is 5.75 Å². The van der Waals surface area contributed by atoms with Crippen molar-refractivity contribution in [2.75, 3.05) is 51.2 Å². The van der Waals surface area contributed by atoms with Crippen molar-refractivity contribution in [1.29, 1.82) is 0 Å². The highest BCUT2D eigenvalue weighted by Crippen LogP contribution is 2.31. The van der Waals surface area contributed by atoms with Gasteiger partial charge >= 0.3 is 6.61 Å². The maximum absolute atomic E-state index is 12.7. The van der Waals surface area contributed by atoms with Crippen LogP contribution in [0.4, 0.5) is 14.5 Å². The van der Waals surface area contributed by atoms with E-state index >= 15 is 0 Å². The van der Waals surface area contributed by atoms with Crippen molar-refractivity contribution < 1.29 is 13.5 Å². The van der Waals surface area contributed by atoms with Gasteiger partial charge in [0.2, 0.25) is 0 Å². The van der Waals surface area contributed by atoms with Gasteiger partial charge in [-0.25, -0.2) is 0 Å². The number of rotatable bonds is 8. The Balaban J connectivity index is 0.00000341. The zero-order valence-electron chi connectivity index (χ0n) is 18.5. The summed E-state index contributed by atoms with van der Waals surface area (Å²) in [7, 11) is 2.18. The van der Waals surface area contributed by atoms with Crippen molar-refractivity contribution in [2.24, 2.45) is 10.9 Å². The molecule has 2 fully saturated rings. The molecule has 176 valence electrons. The molecule has 2 aliphatic heterocycles. The second-order valence-corrected chi connectivity index (χ2v) is 8.22. The van der Waals surface area contributed by atoms with Gasteiger partial charge in [-0.2, -0.15) is 8.78 Å².